The molecule has 100 valence electrons. The molecule has 0 saturated carbocycles. The molecule has 2 rings (SSSR count). The van der Waals surface area contributed by atoms with E-state index in [4.69, 9.17) is 4.74 Å². The smallest absolute Gasteiger partial charge is 0.411 e. The van der Waals surface area contributed by atoms with Gasteiger partial charge in [0.2, 0.25) is 0 Å². The molecule has 18 heavy (non-hydrogen) atoms. The number of nitrogens with zero attached hydrogens (tertiary/aromatic N) is 1. The zero-order valence-corrected chi connectivity index (χ0v) is 11.9. The first kappa shape index (κ1) is 14.6. The number of hydrogen-bond donors (Lipinski definition) is 0. The molecule has 1 heterocycles. The minimum absolute atomic E-state index is 0.132. The Morgan fingerprint density at radius 1 is 1.17 bits per heavy atom. The number of amides is 1. The molecule has 0 aromatic heterocycles. The van der Waals surface area contributed by atoms with Crippen LogP contribution in [0.4, 0.5) is 4.79 Å². The van der Waals surface area contributed by atoms with E-state index in [1.165, 1.54) is 0 Å². The van der Waals surface area contributed by atoms with Crippen molar-refractivity contribution in [3.8, 4) is 0 Å². The molecule has 1 fully saturated rings. The van der Waals surface area contributed by atoms with Crippen molar-refractivity contribution in [1.82, 2.24) is 4.90 Å². The summed E-state index contributed by atoms with van der Waals surface area (Å²) in [7, 11) is 0. The first-order valence-electron chi connectivity index (χ1n) is 6.51. The highest BCUT2D eigenvalue weighted by Gasteiger charge is 2.38. The summed E-state index contributed by atoms with van der Waals surface area (Å²) < 4.78 is 5.37. The molecule has 0 bridgehead atoms. The second-order valence-electron chi connectivity index (χ2n) is 5.06. The molecular weight excluding hydrogens is 226 g/mol. The molecule has 0 N–H and O–H groups in total. The molecule has 3 nitrogen and oxygen atoms in total. The van der Waals surface area contributed by atoms with Crippen LogP contribution in [0.2, 0.25) is 0 Å². The van der Waals surface area contributed by atoms with Gasteiger partial charge in [0.05, 0.1) is 6.54 Å². The molecule has 1 saturated heterocycles. The van der Waals surface area contributed by atoms with Gasteiger partial charge in [-0.1, -0.05) is 44.2 Å². The van der Waals surface area contributed by atoms with Gasteiger partial charge < -0.3 is 4.74 Å². The quantitative estimate of drug-likeness (QED) is 0.752. The molecule has 0 aliphatic carbocycles. The fraction of sp³-hybridized carbons (Fsp3) is 0.533. The van der Waals surface area contributed by atoms with Gasteiger partial charge >= 0.3 is 6.09 Å². The van der Waals surface area contributed by atoms with Crippen molar-refractivity contribution < 1.29 is 9.53 Å². The number of rotatable bonds is 1. The zero-order chi connectivity index (χ0) is 13.8. The third-order valence-corrected chi connectivity index (χ3v) is 2.79. The highest BCUT2D eigenvalue weighted by Crippen LogP contribution is 2.30. The van der Waals surface area contributed by atoms with E-state index >= 15 is 0 Å². The average molecular weight is 249 g/mol. The normalized spacial score (nSPS) is 19.1. The van der Waals surface area contributed by atoms with Gasteiger partial charge in [0.15, 0.2) is 0 Å². The van der Waals surface area contributed by atoms with E-state index in [2.05, 4.69) is 0 Å². The SMILES string of the molecule is CC.CC(C)(C)N1CC(c2ccccc2)OC1=O. The summed E-state index contributed by atoms with van der Waals surface area (Å²) >= 11 is 0. The summed E-state index contributed by atoms with van der Waals surface area (Å²) in [4.78, 5) is 13.5. The second-order valence-corrected chi connectivity index (χ2v) is 5.06. The van der Waals surface area contributed by atoms with Gasteiger partial charge in [0, 0.05) is 5.54 Å². The van der Waals surface area contributed by atoms with E-state index in [1.54, 1.807) is 4.90 Å². The summed E-state index contributed by atoms with van der Waals surface area (Å²) in [6.45, 7) is 10.7. The lowest BCUT2D eigenvalue weighted by Crippen LogP contribution is -2.41. The lowest BCUT2D eigenvalue weighted by Gasteiger charge is -2.29. The van der Waals surface area contributed by atoms with Crippen molar-refractivity contribution in [3.05, 3.63) is 35.9 Å². The number of carbonyl (C=O) groups is 1. The van der Waals surface area contributed by atoms with Crippen molar-refractivity contribution in [2.24, 2.45) is 0 Å². The summed E-state index contributed by atoms with van der Waals surface area (Å²) in [6, 6.07) is 9.86. The number of carbonyl (C=O) groups excluding carboxylic acids is 1. The Bertz CT molecular complexity index is 381. The minimum Gasteiger partial charge on any atom is -0.439 e. The van der Waals surface area contributed by atoms with Crippen LogP contribution in [0.15, 0.2) is 30.3 Å². The topological polar surface area (TPSA) is 29.5 Å². The van der Waals surface area contributed by atoms with E-state index in [1.807, 2.05) is 65.0 Å². The Kier molecular flexibility index (Phi) is 4.76. The Morgan fingerprint density at radius 3 is 2.17 bits per heavy atom. The van der Waals surface area contributed by atoms with Crippen LogP contribution in [0.25, 0.3) is 0 Å². The van der Waals surface area contributed by atoms with Crippen LogP contribution in [-0.2, 0) is 4.74 Å². The van der Waals surface area contributed by atoms with Crippen molar-refractivity contribution in [1.29, 1.82) is 0 Å². The third kappa shape index (κ3) is 3.25. The monoisotopic (exact) mass is 249 g/mol. The molecule has 1 aromatic rings. The van der Waals surface area contributed by atoms with Crippen LogP contribution in [0.1, 0.15) is 46.3 Å². The van der Waals surface area contributed by atoms with E-state index < -0.39 is 0 Å². The fourth-order valence-corrected chi connectivity index (χ4v) is 1.85. The Balaban J connectivity index is 0.000000771. The summed E-state index contributed by atoms with van der Waals surface area (Å²) in [5.74, 6) is 0. The van der Waals surface area contributed by atoms with Crippen molar-refractivity contribution in [2.45, 2.75) is 46.3 Å². The predicted octanol–water partition coefficient (Wildman–Crippen LogP) is 4.00. The lowest BCUT2D eigenvalue weighted by atomic mass is 10.1. The number of ether oxygens (including phenoxy) is 1. The maximum Gasteiger partial charge on any atom is 0.411 e. The van der Waals surface area contributed by atoms with Crippen LogP contribution in [0.3, 0.4) is 0 Å². The maximum atomic E-state index is 11.7. The molecule has 1 atom stereocenters. The Morgan fingerprint density at radius 2 is 1.72 bits per heavy atom. The molecule has 0 spiro atoms. The largest absolute Gasteiger partial charge is 0.439 e. The predicted molar refractivity (Wildman–Crippen MR) is 73.5 cm³/mol. The molecule has 1 amide bonds. The highest BCUT2D eigenvalue weighted by atomic mass is 16.6. The molecule has 1 aromatic carbocycles. The van der Waals surface area contributed by atoms with E-state index in [0.717, 1.165) is 5.56 Å². The number of hydrogen-bond acceptors (Lipinski definition) is 2. The zero-order valence-electron chi connectivity index (χ0n) is 11.9. The molecule has 3 heteroatoms. The first-order chi connectivity index (χ1) is 8.48. The average Bonchev–Trinajstić information content (AvgIpc) is 2.75. The van der Waals surface area contributed by atoms with Crippen LogP contribution < -0.4 is 0 Å². The number of cyclic esters (lactones) is 1. The van der Waals surface area contributed by atoms with Gasteiger partial charge in [-0.3, -0.25) is 4.90 Å². The van der Waals surface area contributed by atoms with E-state index in [9.17, 15) is 4.79 Å². The van der Waals surface area contributed by atoms with E-state index in [-0.39, 0.29) is 17.7 Å². The molecule has 1 unspecified atom stereocenters. The van der Waals surface area contributed by atoms with Crippen LogP contribution >= 0.6 is 0 Å². The highest BCUT2D eigenvalue weighted by molar-refractivity contribution is 5.71. The fourth-order valence-electron chi connectivity index (χ4n) is 1.85. The lowest BCUT2D eigenvalue weighted by molar-refractivity contribution is 0.120. The van der Waals surface area contributed by atoms with Gasteiger partial charge in [0.25, 0.3) is 0 Å². The number of benzene rings is 1. The second kappa shape index (κ2) is 5.89. The standard InChI is InChI=1S/C13H17NO2.C2H6/c1-13(2,3)14-9-11(16-12(14)15)10-7-5-4-6-8-10;1-2/h4-8,11H,9H2,1-3H3;1-2H3. The first-order valence-corrected chi connectivity index (χ1v) is 6.51. The summed E-state index contributed by atoms with van der Waals surface area (Å²) in [5, 5.41) is 0. The van der Waals surface area contributed by atoms with Gasteiger partial charge in [-0.05, 0) is 26.3 Å². The minimum atomic E-state index is -0.221. The van der Waals surface area contributed by atoms with Crippen molar-refractivity contribution in [3.63, 3.8) is 0 Å². The van der Waals surface area contributed by atoms with Crippen molar-refractivity contribution >= 4 is 6.09 Å². The van der Waals surface area contributed by atoms with Crippen LogP contribution in [0, 0.1) is 0 Å². The molecule has 1 aliphatic rings. The van der Waals surface area contributed by atoms with Gasteiger partial charge in [-0.2, -0.15) is 0 Å². The van der Waals surface area contributed by atoms with Gasteiger partial charge in [-0.15, -0.1) is 0 Å². The summed E-state index contributed by atoms with van der Waals surface area (Å²) in [5.41, 5.74) is 0.878. The van der Waals surface area contributed by atoms with Crippen LogP contribution in [-0.4, -0.2) is 23.1 Å². The third-order valence-electron chi connectivity index (χ3n) is 2.79. The summed E-state index contributed by atoms with van der Waals surface area (Å²) in [6.07, 6.45) is -0.353. The maximum absolute atomic E-state index is 11.7. The van der Waals surface area contributed by atoms with Gasteiger partial charge in [0.1, 0.15) is 6.10 Å². The Hall–Kier alpha value is -1.51. The Labute approximate surface area is 110 Å². The molecular formula is C15H23NO2. The molecule has 0 radical (unpaired) electrons. The molecule has 1 aliphatic heterocycles. The van der Waals surface area contributed by atoms with E-state index in [0.29, 0.717) is 6.54 Å². The van der Waals surface area contributed by atoms with Crippen molar-refractivity contribution in [2.75, 3.05) is 6.54 Å². The van der Waals surface area contributed by atoms with Gasteiger partial charge in [-0.25, -0.2) is 4.79 Å². The van der Waals surface area contributed by atoms with Crippen LogP contribution in [0.5, 0.6) is 0 Å².